The van der Waals surface area contributed by atoms with Gasteiger partial charge in [-0.1, -0.05) is 19.3 Å². The van der Waals surface area contributed by atoms with E-state index in [2.05, 4.69) is 4.90 Å². The SMILES string of the molecule is O=C(O)CC1(N2CCCCC2)CCCC(C2CC2)C1. The monoisotopic (exact) mass is 265 g/mol. The Hall–Kier alpha value is -0.570. The molecule has 108 valence electrons. The zero-order valence-corrected chi connectivity index (χ0v) is 11.9. The second kappa shape index (κ2) is 5.43. The third-order valence-corrected chi connectivity index (χ3v) is 5.66. The molecule has 1 heterocycles. The molecule has 3 heteroatoms. The molecule has 1 N–H and O–H groups in total. The molecule has 2 aliphatic carbocycles. The lowest BCUT2D eigenvalue weighted by Gasteiger charge is -2.49. The van der Waals surface area contributed by atoms with Crippen LogP contribution in [0.4, 0.5) is 0 Å². The molecule has 2 atom stereocenters. The predicted molar refractivity (Wildman–Crippen MR) is 75.1 cm³/mol. The number of piperidine rings is 1. The number of likely N-dealkylation sites (tertiary alicyclic amines) is 1. The molecule has 0 aromatic carbocycles. The summed E-state index contributed by atoms with van der Waals surface area (Å²) in [4.78, 5) is 13.9. The van der Waals surface area contributed by atoms with Crippen molar-refractivity contribution in [2.75, 3.05) is 13.1 Å². The number of aliphatic carboxylic acids is 1. The van der Waals surface area contributed by atoms with Crippen LogP contribution in [-0.4, -0.2) is 34.6 Å². The highest BCUT2D eigenvalue weighted by Crippen LogP contribution is 2.49. The van der Waals surface area contributed by atoms with Crippen molar-refractivity contribution in [3.05, 3.63) is 0 Å². The normalized spacial score (nSPS) is 37.2. The number of hydrogen-bond donors (Lipinski definition) is 1. The van der Waals surface area contributed by atoms with Crippen LogP contribution in [0, 0.1) is 11.8 Å². The maximum atomic E-state index is 11.4. The minimum Gasteiger partial charge on any atom is -0.481 e. The van der Waals surface area contributed by atoms with Crippen molar-refractivity contribution in [2.24, 2.45) is 11.8 Å². The van der Waals surface area contributed by atoms with Crippen molar-refractivity contribution in [1.29, 1.82) is 0 Å². The van der Waals surface area contributed by atoms with Gasteiger partial charge >= 0.3 is 5.97 Å². The van der Waals surface area contributed by atoms with Crippen LogP contribution in [0.2, 0.25) is 0 Å². The summed E-state index contributed by atoms with van der Waals surface area (Å²) < 4.78 is 0. The summed E-state index contributed by atoms with van der Waals surface area (Å²) in [6.45, 7) is 2.26. The summed E-state index contributed by atoms with van der Waals surface area (Å²) in [7, 11) is 0. The van der Waals surface area contributed by atoms with Gasteiger partial charge in [0, 0.05) is 5.54 Å². The third kappa shape index (κ3) is 2.96. The van der Waals surface area contributed by atoms with Crippen LogP contribution in [0.5, 0.6) is 0 Å². The lowest BCUT2D eigenvalue weighted by Crippen LogP contribution is -2.54. The fourth-order valence-corrected chi connectivity index (χ4v) is 4.56. The quantitative estimate of drug-likeness (QED) is 0.848. The largest absolute Gasteiger partial charge is 0.481 e. The molecule has 3 aliphatic rings. The Morgan fingerprint density at radius 2 is 1.79 bits per heavy atom. The second-order valence-corrected chi connectivity index (χ2v) is 7.04. The standard InChI is InChI=1S/C16H27NO2/c18-15(19)12-16(17-9-2-1-3-10-17)8-4-5-14(11-16)13-6-7-13/h13-14H,1-12H2,(H,18,19). The van der Waals surface area contributed by atoms with Crippen molar-refractivity contribution in [3.63, 3.8) is 0 Å². The van der Waals surface area contributed by atoms with Gasteiger partial charge in [0.2, 0.25) is 0 Å². The van der Waals surface area contributed by atoms with Gasteiger partial charge in [-0.25, -0.2) is 0 Å². The van der Waals surface area contributed by atoms with E-state index in [1.165, 1.54) is 44.9 Å². The molecular formula is C16H27NO2. The van der Waals surface area contributed by atoms with Gasteiger partial charge in [0.25, 0.3) is 0 Å². The van der Waals surface area contributed by atoms with E-state index < -0.39 is 5.97 Å². The summed E-state index contributed by atoms with van der Waals surface area (Å²) in [6.07, 6.45) is 11.9. The first kappa shape index (κ1) is 13.4. The van der Waals surface area contributed by atoms with E-state index in [0.717, 1.165) is 37.8 Å². The molecule has 1 aliphatic heterocycles. The number of hydrogen-bond acceptors (Lipinski definition) is 2. The van der Waals surface area contributed by atoms with Gasteiger partial charge < -0.3 is 5.11 Å². The van der Waals surface area contributed by atoms with Gasteiger partial charge in [-0.05, 0) is 63.5 Å². The molecular weight excluding hydrogens is 238 g/mol. The van der Waals surface area contributed by atoms with Crippen LogP contribution in [0.25, 0.3) is 0 Å². The maximum Gasteiger partial charge on any atom is 0.305 e. The van der Waals surface area contributed by atoms with E-state index in [1.807, 2.05) is 0 Å². The van der Waals surface area contributed by atoms with Crippen molar-refractivity contribution in [3.8, 4) is 0 Å². The Balaban J connectivity index is 1.75. The Morgan fingerprint density at radius 3 is 2.42 bits per heavy atom. The van der Waals surface area contributed by atoms with Crippen molar-refractivity contribution in [1.82, 2.24) is 4.90 Å². The Morgan fingerprint density at radius 1 is 1.05 bits per heavy atom. The zero-order valence-electron chi connectivity index (χ0n) is 11.9. The van der Waals surface area contributed by atoms with Crippen molar-refractivity contribution < 1.29 is 9.90 Å². The number of rotatable bonds is 4. The lowest BCUT2D eigenvalue weighted by molar-refractivity contribution is -0.142. The fraction of sp³-hybridized carbons (Fsp3) is 0.938. The van der Waals surface area contributed by atoms with Crippen molar-refractivity contribution >= 4 is 5.97 Å². The average Bonchev–Trinajstić information content (AvgIpc) is 3.23. The topological polar surface area (TPSA) is 40.5 Å². The van der Waals surface area contributed by atoms with Crippen LogP contribution < -0.4 is 0 Å². The van der Waals surface area contributed by atoms with Crippen LogP contribution in [-0.2, 0) is 4.79 Å². The molecule has 3 rings (SSSR count). The fourth-order valence-electron chi connectivity index (χ4n) is 4.56. The maximum absolute atomic E-state index is 11.4. The first-order valence-electron chi connectivity index (χ1n) is 8.16. The summed E-state index contributed by atoms with van der Waals surface area (Å²) >= 11 is 0. The number of carboxylic acids is 1. The minimum absolute atomic E-state index is 0.00222. The molecule has 0 amide bonds. The van der Waals surface area contributed by atoms with E-state index in [-0.39, 0.29) is 5.54 Å². The third-order valence-electron chi connectivity index (χ3n) is 5.66. The van der Waals surface area contributed by atoms with Crippen LogP contribution in [0.3, 0.4) is 0 Å². The van der Waals surface area contributed by atoms with Crippen LogP contribution >= 0.6 is 0 Å². The van der Waals surface area contributed by atoms with Gasteiger partial charge in [-0.2, -0.15) is 0 Å². The molecule has 3 nitrogen and oxygen atoms in total. The van der Waals surface area contributed by atoms with E-state index in [1.54, 1.807) is 0 Å². The minimum atomic E-state index is -0.595. The number of nitrogens with zero attached hydrogens (tertiary/aromatic N) is 1. The zero-order chi connectivity index (χ0) is 13.3. The summed E-state index contributed by atoms with van der Waals surface area (Å²) in [5.41, 5.74) is -0.00222. The molecule has 0 bridgehead atoms. The van der Waals surface area contributed by atoms with Gasteiger partial charge in [0.05, 0.1) is 6.42 Å². The summed E-state index contributed by atoms with van der Waals surface area (Å²) in [5, 5.41) is 9.38. The summed E-state index contributed by atoms with van der Waals surface area (Å²) in [5.74, 6) is 1.15. The van der Waals surface area contributed by atoms with Gasteiger partial charge in [-0.15, -0.1) is 0 Å². The average molecular weight is 265 g/mol. The molecule has 2 saturated carbocycles. The van der Waals surface area contributed by atoms with Crippen LogP contribution in [0.1, 0.15) is 64.2 Å². The van der Waals surface area contributed by atoms with Crippen molar-refractivity contribution in [2.45, 2.75) is 69.7 Å². The van der Waals surface area contributed by atoms with Gasteiger partial charge in [-0.3, -0.25) is 9.69 Å². The van der Waals surface area contributed by atoms with E-state index in [0.29, 0.717) is 6.42 Å². The molecule has 0 aromatic rings. The summed E-state index contributed by atoms with van der Waals surface area (Å²) in [6, 6.07) is 0. The number of carboxylic acid groups (broad SMARTS) is 1. The van der Waals surface area contributed by atoms with E-state index >= 15 is 0 Å². The molecule has 3 fully saturated rings. The second-order valence-electron chi connectivity index (χ2n) is 7.04. The van der Waals surface area contributed by atoms with Gasteiger partial charge in [0.1, 0.15) is 0 Å². The Kier molecular flexibility index (Phi) is 3.84. The number of carbonyl (C=O) groups is 1. The van der Waals surface area contributed by atoms with Gasteiger partial charge in [0.15, 0.2) is 0 Å². The Bertz CT molecular complexity index is 334. The molecule has 0 radical (unpaired) electrons. The predicted octanol–water partition coefficient (Wildman–Crippen LogP) is 3.29. The molecule has 1 saturated heterocycles. The smallest absolute Gasteiger partial charge is 0.305 e. The lowest BCUT2D eigenvalue weighted by atomic mass is 9.70. The first-order valence-corrected chi connectivity index (χ1v) is 8.16. The Labute approximate surface area is 116 Å². The molecule has 0 aromatic heterocycles. The van der Waals surface area contributed by atoms with E-state index in [9.17, 15) is 9.90 Å². The highest BCUT2D eigenvalue weighted by atomic mass is 16.4. The molecule has 19 heavy (non-hydrogen) atoms. The highest BCUT2D eigenvalue weighted by molar-refractivity contribution is 5.68. The molecule has 0 spiro atoms. The highest BCUT2D eigenvalue weighted by Gasteiger charge is 2.46. The van der Waals surface area contributed by atoms with E-state index in [4.69, 9.17) is 0 Å². The first-order chi connectivity index (χ1) is 9.20. The van der Waals surface area contributed by atoms with Crippen LogP contribution in [0.15, 0.2) is 0 Å². The molecule has 2 unspecified atom stereocenters.